The van der Waals surface area contributed by atoms with Crippen molar-refractivity contribution in [3.05, 3.63) is 65.2 Å². The van der Waals surface area contributed by atoms with Crippen LogP contribution in [0.25, 0.3) is 5.76 Å². The second-order valence-electron chi connectivity index (χ2n) is 9.17. The van der Waals surface area contributed by atoms with Gasteiger partial charge in [0.05, 0.1) is 38.0 Å². The van der Waals surface area contributed by atoms with Gasteiger partial charge in [-0.25, -0.2) is 0 Å². The van der Waals surface area contributed by atoms with Gasteiger partial charge in [-0.1, -0.05) is 19.1 Å². The van der Waals surface area contributed by atoms with E-state index in [2.05, 4.69) is 4.90 Å². The highest BCUT2D eigenvalue weighted by Gasteiger charge is 2.45. The van der Waals surface area contributed by atoms with Crippen LogP contribution in [0.4, 0.5) is 0 Å². The molecular weight excluding hydrogens is 472 g/mol. The molecule has 2 aromatic rings. The fourth-order valence-electron chi connectivity index (χ4n) is 4.74. The molecule has 2 aliphatic heterocycles. The number of hydrogen-bond donors (Lipinski definition) is 1. The van der Waals surface area contributed by atoms with Gasteiger partial charge in [-0.05, 0) is 61.7 Å². The number of carbonyl (C=O) groups excluding carboxylic acids is 2. The molecule has 4 rings (SSSR count). The zero-order valence-corrected chi connectivity index (χ0v) is 21.7. The number of aliphatic hydroxyl groups is 1. The van der Waals surface area contributed by atoms with Crippen LogP contribution in [0.1, 0.15) is 43.9 Å². The number of carbonyl (C=O) groups is 2. The summed E-state index contributed by atoms with van der Waals surface area (Å²) in [4.78, 5) is 30.4. The average Bonchev–Trinajstić information content (AvgIpc) is 3.18. The van der Waals surface area contributed by atoms with E-state index in [0.717, 1.165) is 37.4 Å². The summed E-state index contributed by atoms with van der Waals surface area (Å²) in [6.07, 6.45) is 1.61. The topological polar surface area (TPSA) is 88.5 Å². The molecule has 0 radical (unpaired) electrons. The number of amides is 1. The van der Waals surface area contributed by atoms with Crippen LogP contribution in [-0.4, -0.2) is 79.2 Å². The monoisotopic (exact) mass is 508 g/mol. The van der Waals surface area contributed by atoms with Crippen LogP contribution >= 0.6 is 0 Å². The average molecular weight is 509 g/mol. The largest absolute Gasteiger partial charge is 0.507 e. The highest BCUT2D eigenvalue weighted by molar-refractivity contribution is 6.46. The molecule has 0 spiro atoms. The van der Waals surface area contributed by atoms with Crippen LogP contribution in [0.5, 0.6) is 11.5 Å². The first-order valence-corrected chi connectivity index (χ1v) is 13.1. The second-order valence-corrected chi connectivity index (χ2v) is 9.17. The van der Waals surface area contributed by atoms with Gasteiger partial charge in [-0.15, -0.1) is 0 Å². The maximum absolute atomic E-state index is 13.3. The fraction of sp³-hybridized carbons (Fsp3) is 0.448. The molecule has 2 aliphatic rings. The molecule has 198 valence electrons. The smallest absolute Gasteiger partial charge is 0.295 e. The number of hydrogen-bond acceptors (Lipinski definition) is 7. The van der Waals surface area contributed by atoms with Crippen molar-refractivity contribution in [3.8, 4) is 11.5 Å². The van der Waals surface area contributed by atoms with Gasteiger partial charge in [0.25, 0.3) is 11.7 Å². The molecule has 0 unspecified atom stereocenters. The van der Waals surface area contributed by atoms with Gasteiger partial charge in [0.15, 0.2) is 0 Å². The van der Waals surface area contributed by atoms with Gasteiger partial charge in [0, 0.05) is 31.7 Å². The zero-order valence-electron chi connectivity index (χ0n) is 21.7. The lowest BCUT2D eigenvalue weighted by molar-refractivity contribution is -0.140. The van der Waals surface area contributed by atoms with Gasteiger partial charge >= 0.3 is 0 Å². The van der Waals surface area contributed by atoms with Crippen molar-refractivity contribution in [2.24, 2.45) is 0 Å². The van der Waals surface area contributed by atoms with Crippen molar-refractivity contribution >= 4 is 17.4 Å². The molecule has 0 aliphatic carbocycles. The Bertz CT molecular complexity index is 1090. The minimum atomic E-state index is -0.684. The van der Waals surface area contributed by atoms with Gasteiger partial charge < -0.3 is 24.2 Å². The predicted molar refractivity (Wildman–Crippen MR) is 141 cm³/mol. The summed E-state index contributed by atoms with van der Waals surface area (Å²) in [5, 5.41) is 11.3. The highest BCUT2D eigenvalue weighted by Crippen LogP contribution is 2.40. The van der Waals surface area contributed by atoms with E-state index in [-0.39, 0.29) is 11.3 Å². The van der Waals surface area contributed by atoms with Crippen molar-refractivity contribution in [2.75, 3.05) is 52.6 Å². The van der Waals surface area contributed by atoms with Crippen LogP contribution < -0.4 is 9.47 Å². The molecule has 8 heteroatoms. The Labute approximate surface area is 218 Å². The summed E-state index contributed by atoms with van der Waals surface area (Å²) in [6.45, 7) is 9.42. The van der Waals surface area contributed by atoms with Crippen molar-refractivity contribution < 1.29 is 28.9 Å². The zero-order chi connectivity index (χ0) is 26.2. The standard InChI is InChI=1S/C29H36N2O6/c1-3-18-37-24-10-6-21(7-11-24)26-25(27(32)22-8-12-23(13-9-22)36-4-2)28(33)29(34)31(26)15-5-14-30-16-19-35-20-17-30/h6-13,26,32H,3-5,14-20H2,1-2H3/b27-25+/t26-/m0/s1. The van der Waals surface area contributed by atoms with Crippen molar-refractivity contribution in [2.45, 2.75) is 32.7 Å². The quantitative estimate of drug-likeness (QED) is 0.279. The Morgan fingerprint density at radius 2 is 1.59 bits per heavy atom. The molecule has 2 fully saturated rings. The first kappa shape index (κ1) is 26.7. The van der Waals surface area contributed by atoms with Gasteiger partial charge in [0.2, 0.25) is 0 Å². The maximum atomic E-state index is 13.3. The van der Waals surface area contributed by atoms with E-state index in [1.807, 2.05) is 38.1 Å². The summed E-state index contributed by atoms with van der Waals surface area (Å²) < 4.78 is 16.6. The molecule has 8 nitrogen and oxygen atoms in total. The third kappa shape index (κ3) is 6.32. The molecule has 2 aromatic carbocycles. The highest BCUT2D eigenvalue weighted by atomic mass is 16.5. The van der Waals surface area contributed by atoms with Crippen molar-refractivity contribution in [3.63, 3.8) is 0 Å². The summed E-state index contributed by atoms with van der Waals surface area (Å²) in [7, 11) is 0. The van der Waals surface area contributed by atoms with Crippen LogP contribution in [0, 0.1) is 0 Å². The molecule has 2 saturated heterocycles. The van der Waals surface area contributed by atoms with Crippen LogP contribution in [0.3, 0.4) is 0 Å². The number of Topliss-reactive ketones (excluding diaryl/α,β-unsaturated/α-hetero) is 1. The van der Waals surface area contributed by atoms with E-state index in [1.54, 1.807) is 29.2 Å². The first-order chi connectivity index (χ1) is 18.0. The molecule has 0 aromatic heterocycles. The van der Waals surface area contributed by atoms with E-state index in [1.165, 1.54) is 0 Å². The van der Waals surface area contributed by atoms with E-state index >= 15 is 0 Å². The molecule has 37 heavy (non-hydrogen) atoms. The summed E-state index contributed by atoms with van der Waals surface area (Å²) in [5.41, 5.74) is 1.31. The third-order valence-electron chi connectivity index (χ3n) is 6.62. The number of nitrogens with zero attached hydrogens (tertiary/aromatic N) is 2. The molecule has 0 saturated carbocycles. The first-order valence-electron chi connectivity index (χ1n) is 13.1. The molecule has 0 bridgehead atoms. The van der Waals surface area contributed by atoms with Crippen LogP contribution in [0.2, 0.25) is 0 Å². The Morgan fingerprint density at radius 1 is 0.946 bits per heavy atom. The Hall–Kier alpha value is -3.36. The second kappa shape index (κ2) is 12.7. The Balaban J connectivity index is 1.64. The van der Waals surface area contributed by atoms with E-state index in [0.29, 0.717) is 50.7 Å². The van der Waals surface area contributed by atoms with E-state index in [4.69, 9.17) is 14.2 Å². The minimum absolute atomic E-state index is 0.0998. The van der Waals surface area contributed by atoms with E-state index in [9.17, 15) is 14.7 Å². The maximum Gasteiger partial charge on any atom is 0.295 e. The number of rotatable bonds is 11. The van der Waals surface area contributed by atoms with E-state index < -0.39 is 17.7 Å². The minimum Gasteiger partial charge on any atom is -0.507 e. The number of ether oxygens (including phenoxy) is 3. The normalized spacial score (nSPS) is 19.8. The Morgan fingerprint density at radius 3 is 2.24 bits per heavy atom. The number of morpholine rings is 1. The number of benzene rings is 2. The van der Waals surface area contributed by atoms with Crippen LogP contribution in [0.15, 0.2) is 54.1 Å². The number of ketones is 1. The molecule has 1 N–H and O–H groups in total. The van der Waals surface area contributed by atoms with Gasteiger partial charge in [-0.2, -0.15) is 0 Å². The Kier molecular flexibility index (Phi) is 9.19. The lowest BCUT2D eigenvalue weighted by Gasteiger charge is -2.29. The molecular formula is C29H36N2O6. The summed E-state index contributed by atoms with van der Waals surface area (Å²) in [5.74, 6) is -0.0589. The predicted octanol–water partition coefficient (Wildman–Crippen LogP) is 4.02. The SMILES string of the molecule is CCCOc1ccc([C@H]2/C(=C(\O)c3ccc(OCC)cc3)C(=O)C(=O)N2CCCN2CCOCC2)cc1. The van der Waals surface area contributed by atoms with Crippen molar-refractivity contribution in [1.29, 1.82) is 0 Å². The van der Waals surface area contributed by atoms with Crippen LogP contribution in [-0.2, 0) is 14.3 Å². The molecule has 1 atom stereocenters. The summed E-state index contributed by atoms with van der Waals surface area (Å²) >= 11 is 0. The van der Waals surface area contributed by atoms with Gasteiger partial charge in [-0.3, -0.25) is 14.5 Å². The van der Waals surface area contributed by atoms with Gasteiger partial charge in [0.1, 0.15) is 17.3 Å². The number of likely N-dealkylation sites (tertiary alicyclic amines) is 1. The lowest BCUT2D eigenvalue weighted by Crippen LogP contribution is -2.38. The lowest BCUT2D eigenvalue weighted by atomic mass is 9.95. The summed E-state index contributed by atoms with van der Waals surface area (Å²) in [6, 6.07) is 13.6. The number of aliphatic hydroxyl groups excluding tert-OH is 1. The molecule has 2 heterocycles. The third-order valence-corrected chi connectivity index (χ3v) is 6.62. The molecule has 1 amide bonds. The van der Waals surface area contributed by atoms with Crippen molar-refractivity contribution in [1.82, 2.24) is 9.80 Å². The fourth-order valence-corrected chi connectivity index (χ4v) is 4.74.